The average molecular weight is 704 g/mol. The number of morpholine rings is 1. The molecule has 1 amide bonds. The number of carbonyl (C=O) groups excluding carboxylic acids is 2. The molecule has 0 radical (unpaired) electrons. The van der Waals surface area contributed by atoms with E-state index in [0.717, 1.165) is 44.9 Å². The van der Waals surface area contributed by atoms with Crippen LogP contribution in [0.3, 0.4) is 0 Å². The van der Waals surface area contributed by atoms with Gasteiger partial charge in [-0.25, -0.2) is 0 Å². The summed E-state index contributed by atoms with van der Waals surface area (Å²) in [6.45, 7) is 18.0. The summed E-state index contributed by atoms with van der Waals surface area (Å²) in [6, 6.07) is 0. The maximum Gasteiger partial charge on any atom is 0.303 e. The number of aliphatic hydroxyl groups excluding tert-OH is 1. The van der Waals surface area contributed by atoms with Gasteiger partial charge in [0.25, 0.3) is 0 Å². The molecule has 4 aliphatic carbocycles. The summed E-state index contributed by atoms with van der Waals surface area (Å²) in [6.07, 6.45) is 7.38. The molecule has 10 nitrogen and oxygen atoms in total. The van der Waals surface area contributed by atoms with Gasteiger partial charge in [0.05, 0.1) is 43.2 Å². The maximum absolute atomic E-state index is 12.7. The van der Waals surface area contributed by atoms with Crippen molar-refractivity contribution in [1.29, 1.82) is 0 Å². The predicted molar refractivity (Wildman–Crippen MR) is 186 cm³/mol. The summed E-state index contributed by atoms with van der Waals surface area (Å²) in [7, 11) is 0. The fraction of sp³-hybridized carbons (Fsp3) is 0.950. The summed E-state index contributed by atoms with van der Waals surface area (Å²) in [5.41, 5.74) is -1.16. The van der Waals surface area contributed by atoms with Crippen LogP contribution in [0.4, 0.5) is 0 Å². The predicted octanol–water partition coefficient (Wildman–Crippen LogP) is 5.25. The first kappa shape index (κ1) is 37.0. The summed E-state index contributed by atoms with van der Waals surface area (Å²) in [5, 5.41) is 23.8. The van der Waals surface area contributed by atoms with Crippen molar-refractivity contribution in [3.05, 3.63) is 0 Å². The Morgan fingerprint density at radius 3 is 2.50 bits per heavy atom. The largest absolute Gasteiger partial charge is 0.457 e. The number of fused-ring (bicyclic) bond motifs is 2. The number of amides is 1. The number of hydrogen-bond donors (Lipinski definition) is 2. The third kappa shape index (κ3) is 5.80. The van der Waals surface area contributed by atoms with Crippen LogP contribution in [0.2, 0.25) is 0 Å². The Labute approximate surface area is 299 Å². The Morgan fingerprint density at radius 1 is 1.08 bits per heavy atom. The van der Waals surface area contributed by atoms with Crippen molar-refractivity contribution in [2.75, 3.05) is 26.3 Å². The SMILES string of the molecule is CCC1C(C)CC(C(OC(C)=O)C(C)(C)O)OC1C(O)C1(C)CCCC23CC24CCC(OC2OCCN5CC2OCC5=O)C(C)(C)C4CCC13. The molecule has 10 heteroatoms. The number of aliphatic hydroxyl groups is 2. The number of rotatable bonds is 8. The molecule has 0 aromatic rings. The van der Waals surface area contributed by atoms with Gasteiger partial charge in [0.1, 0.15) is 12.7 Å². The normalized spacial score (nSPS) is 46.8. The van der Waals surface area contributed by atoms with E-state index >= 15 is 0 Å². The lowest BCUT2D eigenvalue weighted by Gasteiger charge is -2.61. The van der Waals surface area contributed by atoms with E-state index in [0.29, 0.717) is 38.0 Å². The van der Waals surface area contributed by atoms with Crippen LogP contribution in [0.1, 0.15) is 120 Å². The van der Waals surface area contributed by atoms with Crippen LogP contribution >= 0.6 is 0 Å². The Morgan fingerprint density at radius 2 is 1.80 bits per heavy atom. The van der Waals surface area contributed by atoms with Crippen LogP contribution in [-0.4, -0.2) is 102 Å². The van der Waals surface area contributed by atoms with Gasteiger partial charge in [-0.1, -0.05) is 47.5 Å². The monoisotopic (exact) mass is 703 g/mol. The van der Waals surface area contributed by atoms with Crippen LogP contribution in [-0.2, 0) is 33.3 Å². The van der Waals surface area contributed by atoms with Crippen molar-refractivity contribution in [2.24, 2.45) is 45.3 Å². The van der Waals surface area contributed by atoms with Gasteiger partial charge in [0, 0.05) is 13.5 Å². The summed E-state index contributed by atoms with van der Waals surface area (Å²) >= 11 is 0. The third-order valence-electron chi connectivity index (χ3n) is 15.6. The zero-order valence-electron chi connectivity index (χ0n) is 31.9. The van der Waals surface area contributed by atoms with E-state index in [9.17, 15) is 19.8 Å². The van der Waals surface area contributed by atoms with Crippen LogP contribution in [0.25, 0.3) is 0 Å². The van der Waals surface area contributed by atoms with E-state index in [2.05, 4.69) is 34.6 Å². The van der Waals surface area contributed by atoms with Crippen molar-refractivity contribution >= 4 is 11.9 Å². The number of hydrogen-bond acceptors (Lipinski definition) is 9. The van der Waals surface area contributed by atoms with E-state index in [1.165, 1.54) is 19.8 Å². The second kappa shape index (κ2) is 12.9. The van der Waals surface area contributed by atoms with Crippen molar-refractivity contribution in [3.63, 3.8) is 0 Å². The van der Waals surface area contributed by atoms with Gasteiger partial charge in [-0.15, -0.1) is 0 Å². The van der Waals surface area contributed by atoms with Gasteiger partial charge in [-0.05, 0) is 111 Å². The molecule has 3 heterocycles. The molecule has 2 spiro atoms. The molecule has 7 rings (SSSR count). The highest BCUT2D eigenvalue weighted by Crippen LogP contribution is 2.86. The van der Waals surface area contributed by atoms with Gasteiger partial charge in [-0.2, -0.15) is 0 Å². The summed E-state index contributed by atoms with van der Waals surface area (Å²) in [5.74, 6) is 0.949. The highest BCUT2D eigenvalue weighted by Gasteiger charge is 2.80. The third-order valence-corrected chi connectivity index (χ3v) is 15.6. The second-order valence-corrected chi connectivity index (χ2v) is 19.0. The van der Waals surface area contributed by atoms with Crippen molar-refractivity contribution < 1.29 is 43.5 Å². The molecule has 3 aliphatic heterocycles. The van der Waals surface area contributed by atoms with E-state index < -0.39 is 42.3 Å². The van der Waals surface area contributed by atoms with Gasteiger partial charge in [0.15, 0.2) is 12.4 Å². The van der Waals surface area contributed by atoms with Gasteiger partial charge in [0.2, 0.25) is 5.91 Å². The number of esters is 1. The average Bonchev–Trinajstić information content (AvgIpc) is 3.74. The van der Waals surface area contributed by atoms with Crippen LogP contribution in [0.5, 0.6) is 0 Å². The standard InChI is InChI=1S/C40H65NO9/c1-9-25-23(2)19-26(34(37(6,7)45)48-24(3)42)49-32(25)33(44)38(8)14-10-15-39-22-40(39)16-13-30(36(4,5)28(40)11-12-29(38)39)50-35-27-20-41(17-18-46-35)31(43)21-47-27/h23,25-30,32-35,44-45H,9-22H2,1-8H3. The second-order valence-electron chi connectivity index (χ2n) is 19.0. The lowest BCUT2D eigenvalue weighted by molar-refractivity contribution is -0.262. The fourth-order valence-corrected chi connectivity index (χ4v) is 13.2. The van der Waals surface area contributed by atoms with Crippen molar-refractivity contribution in [2.45, 2.75) is 168 Å². The van der Waals surface area contributed by atoms with Crippen molar-refractivity contribution in [1.82, 2.24) is 4.90 Å². The number of nitrogens with zero attached hydrogens (tertiary/aromatic N) is 1. The highest BCUT2D eigenvalue weighted by molar-refractivity contribution is 5.78. The van der Waals surface area contributed by atoms with E-state index in [1.807, 2.05) is 4.90 Å². The van der Waals surface area contributed by atoms with Gasteiger partial charge >= 0.3 is 5.97 Å². The smallest absolute Gasteiger partial charge is 0.303 e. The molecular weight excluding hydrogens is 638 g/mol. The molecule has 284 valence electrons. The van der Waals surface area contributed by atoms with Crippen LogP contribution in [0.15, 0.2) is 0 Å². The van der Waals surface area contributed by atoms with E-state index in [4.69, 9.17) is 23.7 Å². The lowest BCUT2D eigenvalue weighted by atomic mass is 9.45. The quantitative estimate of drug-likeness (QED) is 0.326. The first-order valence-electron chi connectivity index (χ1n) is 19.9. The topological polar surface area (TPSA) is 124 Å². The lowest BCUT2D eigenvalue weighted by Crippen LogP contribution is -2.61. The number of carbonyl (C=O) groups is 2. The zero-order valence-corrected chi connectivity index (χ0v) is 31.9. The molecule has 0 aromatic carbocycles. The minimum Gasteiger partial charge on any atom is -0.457 e. The first-order valence-corrected chi connectivity index (χ1v) is 19.9. The van der Waals surface area contributed by atoms with Gasteiger partial charge < -0.3 is 38.8 Å². The molecule has 14 unspecified atom stereocenters. The zero-order chi connectivity index (χ0) is 36.0. The molecule has 4 saturated carbocycles. The molecule has 2 bridgehead atoms. The Hall–Kier alpha value is -1.30. The van der Waals surface area contributed by atoms with E-state index in [1.54, 1.807) is 13.8 Å². The van der Waals surface area contributed by atoms with Crippen LogP contribution < -0.4 is 0 Å². The Bertz CT molecular complexity index is 1300. The summed E-state index contributed by atoms with van der Waals surface area (Å²) in [4.78, 5) is 26.2. The minimum atomic E-state index is -1.28. The molecule has 3 saturated heterocycles. The highest BCUT2D eigenvalue weighted by atomic mass is 16.7. The maximum atomic E-state index is 12.7. The van der Waals surface area contributed by atoms with Crippen molar-refractivity contribution in [3.8, 4) is 0 Å². The minimum absolute atomic E-state index is 0.0284. The first-order chi connectivity index (χ1) is 23.5. The molecule has 7 fully saturated rings. The van der Waals surface area contributed by atoms with Gasteiger partial charge in [-0.3, -0.25) is 9.59 Å². The Balaban J connectivity index is 1.10. The molecule has 2 N–H and O–H groups in total. The molecule has 7 aliphatic rings. The van der Waals surface area contributed by atoms with Crippen LogP contribution in [0, 0.1) is 45.3 Å². The molecular formula is C40H65NO9. The Kier molecular flexibility index (Phi) is 9.58. The van der Waals surface area contributed by atoms with E-state index in [-0.39, 0.29) is 58.2 Å². The molecule has 0 aromatic heterocycles. The fourth-order valence-electron chi connectivity index (χ4n) is 13.2. The number of ether oxygens (including phenoxy) is 5. The molecule has 50 heavy (non-hydrogen) atoms. The molecule has 14 atom stereocenters. The summed E-state index contributed by atoms with van der Waals surface area (Å²) < 4.78 is 31.6.